The lowest BCUT2D eigenvalue weighted by Crippen LogP contribution is -2.16. The van der Waals surface area contributed by atoms with Gasteiger partial charge in [0, 0.05) is 0 Å². The van der Waals surface area contributed by atoms with E-state index in [1.807, 2.05) is 0 Å². The summed E-state index contributed by atoms with van der Waals surface area (Å²) in [6.07, 6.45) is 0. The summed E-state index contributed by atoms with van der Waals surface area (Å²) in [7, 11) is 0. The Labute approximate surface area is 78.8 Å². The lowest BCUT2D eigenvalue weighted by Gasteiger charge is -2.03. The van der Waals surface area contributed by atoms with Crippen molar-refractivity contribution in [3.8, 4) is 0 Å². The molecule has 1 rings (SSSR count). The van der Waals surface area contributed by atoms with E-state index in [-0.39, 0.29) is 11.3 Å². The van der Waals surface area contributed by atoms with Crippen LogP contribution in [0.25, 0.3) is 0 Å². The predicted octanol–water partition coefficient (Wildman–Crippen LogP) is -0.0207. The zero-order valence-corrected chi connectivity index (χ0v) is 7.06. The van der Waals surface area contributed by atoms with E-state index in [1.165, 1.54) is 18.2 Å². The Kier molecular flexibility index (Phi) is 2.63. The third-order valence-electron chi connectivity index (χ3n) is 1.64. The summed E-state index contributed by atoms with van der Waals surface area (Å²) in [6, 6.07) is 4.09. The standard InChI is InChI=1S/C7H8N4O3/c8-7(12)4-2-1-3-5(10-9)6(4)11(13)14/h1-3,10H,9H2,(H2,8,12). The first-order chi connectivity index (χ1) is 6.57. The number of hydrogen-bond acceptors (Lipinski definition) is 5. The number of primary amides is 1. The second-order valence-electron chi connectivity index (χ2n) is 2.47. The molecule has 5 N–H and O–H groups in total. The van der Waals surface area contributed by atoms with Crippen molar-refractivity contribution < 1.29 is 9.72 Å². The van der Waals surface area contributed by atoms with E-state index in [9.17, 15) is 14.9 Å². The minimum atomic E-state index is -0.867. The number of rotatable bonds is 3. The Balaban J connectivity index is 3.43. The van der Waals surface area contributed by atoms with Gasteiger partial charge in [-0.15, -0.1) is 0 Å². The number of amides is 1. The van der Waals surface area contributed by atoms with Crippen LogP contribution in [0.15, 0.2) is 18.2 Å². The number of benzene rings is 1. The summed E-state index contributed by atoms with van der Waals surface area (Å²) >= 11 is 0. The molecule has 0 radical (unpaired) electrons. The molecule has 0 aliphatic heterocycles. The monoisotopic (exact) mass is 196 g/mol. The molecule has 0 aromatic heterocycles. The molecule has 0 unspecified atom stereocenters. The van der Waals surface area contributed by atoms with Crippen molar-refractivity contribution >= 4 is 17.3 Å². The van der Waals surface area contributed by atoms with Gasteiger partial charge in [-0.3, -0.25) is 20.8 Å². The lowest BCUT2D eigenvalue weighted by molar-refractivity contribution is -0.384. The molecule has 0 aliphatic carbocycles. The first-order valence-electron chi connectivity index (χ1n) is 3.61. The van der Waals surface area contributed by atoms with E-state index in [2.05, 4.69) is 5.43 Å². The van der Waals surface area contributed by atoms with E-state index >= 15 is 0 Å². The molecule has 1 aromatic carbocycles. The fourth-order valence-electron chi connectivity index (χ4n) is 1.06. The maximum atomic E-state index is 10.8. The third kappa shape index (κ3) is 1.62. The van der Waals surface area contributed by atoms with Crippen LogP contribution in [0, 0.1) is 10.1 Å². The van der Waals surface area contributed by atoms with Crippen molar-refractivity contribution in [2.75, 3.05) is 5.43 Å². The maximum absolute atomic E-state index is 10.8. The van der Waals surface area contributed by atoms with Crippen molar-refractivity contribution in [1.82, 2.24) is 0 Å². The number of nitrogens with two attached hydrogens (primary N) is 2. The second-order valence-corrected chi connectivity index (χ2v) is 2.47. The van der Waals surface area contributed by atoms with Crippen LogP contribution in [-0.2, 0) is 0 Å². The summed E-state index contributed by atoms with van der Waals surface area (Å²) < 4.78 is 0. The Morgan fingerprint density at radius 1 is 1.50 bits per heavy atom. The number of nitrogens with one attached hydrogen (secondary N) is 1. The highest BCUT2D eigenvalue weighted by molar-refractivity contribution is 5.99. The van der Waals surface area contributed by atoms with Crippen LogP contribution in [-0.4, -0.2) is 10.8 Å². The summed E-state index contributed by atoms with van der Waals surface area (Å²) in [5.74, 6) is 4.18. The molecule has 0 atom stereocenters. The second kappa shape index (κ2) is 3.71. The Hall–Kier alpha value is -2.15. The Morgan fingerprint density at radius 3 is 2.57 bits per heavy atom. The lowest BCUT2D eigenvalue weighted by atomic mass is 10.1. The number of hydrogen-bond donors (Lipinski definition) is 3. The van der Waals surface area contributed by atoms with E-state index in [1.54, 1.807) is 0 Å². The number of carbonyl (C=O) groups excluding carboxylic acids is 1. The van der Waals surface area contributed by atoms with Crippen molar-refractivity contribution in [3.05, 3.63) is 33.9 Å². The largest absolute Gasteiger partial charge is 0.365 e. The van der Waals surface area contributed by atoms with Crippen LogP contribution in [0.1, 0.15) is 10.4 Å². The zero-order valence-electron chi connectivity index (χ0n) is 7.06. The first-order valence-corrected chi connectivity index (χ1v) is 3.61. The molecule has 0 saturated carbocycles. The van der Waals surface area contributed by atoms with Gasteiger partial charge in [-0.1, -0.05) is 6.07 Å². The average molecular weight is 196 g/mol. The molecule has 1 amide bonds. The number of nitrogen functional groups attached to an aromatic ring is 1. The van der Waals surface area contributed by atoms with Crippen molar-refractivity contribution in [2.45, 2.75) is 0 Å². The van der Waals surface area contributed by atoms with E-state index < -0.39 is 16.5 Å². The van der Waals surface area contributed by atoms with Crippen LogP contribution < -0.4 is 17.0 Å². The Bertz CT molecular complexity index is 391. The van der Waals surface area contributed by atoms with Crippen molar-refractivity contribution in [2.24, 2.45) is 11.6 Å². The number of anilines is 1. The molecule has 7 nitrogen and oxygen atoms in total. The number of nitro benzene ring substituents is 1. The van der Waals surface area contributed by atoms with E-state index in [0.717, 1.165) is 0 Å². The first kappa shape index (κ1) is 9.93. The molecular weight excluding hydrogens is 188 g/mol. The fourth-order valence-corrected chi connectivity index (χ4v) is 1.06. The van der Waals surface area contributed by atoms with E-state index in [4.69, 9.17) is 11.6 Å². The summed E-state index contributed by atoms with van der Waals surface area (Å²) in [4.78, 5) is 20.7. The average Bonchev–Trinajstić information content (AvgIpc) is 2.16. The molecule has 0 fully saturated rings. The van der Waals surface area contributed by atoms with Gasteiger partial charge in [-0.05, 0) is 12.1 Å². The van der Waals surface area contributed by atoms with Gasteiger partial charge < -0.3 is 11.2 Å². The zero-order chi connectivity index (χ0) is 10.7. The number of nitrogens with zero attached hydrogens (tertiary/aromatic N) is 1. The normalized spacial score (nSPS) is 9.50. The van der Waals surface area contributed by atoms with Crippen molar-refractivity contribution in [1.29, 1.82) is 0 Å². The van der Waals surface area contributed by atoms with Gasteiger partial charge in [0.2, 0.25) is 0 Å². The van der Waals surface area contributed by atoms with Gasteiger partial charge in [0.25, 0.3) is 5.91 Å². The highest BCUT2D eigenvalue weighted by Gasteiger charge is 2.22. The van der Waals surface area contributed by atoms with Gasteiger partial charge in [0.05, 0.1) is 4.92 Å². The van der Waals surface area contributed by atoms with Crippen LogP contribution in [0.3, 0.4) is 0 Å². The van der Waals surface area contributed by atoms with Crippen LogP contribution >= 0.6 is 0 Å². The summed E-state index contributed by atoms with van der Waals surface area (Å²) in [5, 5.41) is 10.6. The third-order valence-corrected chi connectivity index (χ3v) is 1.64. The van der Waals surface area contributed by atoms with Crippen LogP contribution in [0.2, 0.25) is 0 Å². The molecule has 74 valence electrons. The van der Waals surface area contributed by atoms with Gasteiger partial charge in [-0.25, -0.2) is 0 Å². The van der Waals surface area contributed by atoms with Gasteiger partial charge in [0.15, 0.2) is 0 Å². The quantitative estimate of drug-likeness (QED) is 0.356. The van der Waals surface area contributed by atoms with Crippen LogP contribution in [0.4, 0.5) is 11.4 Å². The number of para-hydroxylation sites is 1. The molecule has 0 aliphatic rings. The minimum Gasteiger partial charge on any atom is -0.365 e. The predicted molar refractivity (Wildman–Crippen MR) is 49.4 cm³/mol. The molecule has 0 saturated heterocycles. The topological polar surface area (TPSA) is 124 Å². The summed E-state index contributed by atoms with van der Waals surface area (Å²) in [6.45, 7) is 0. The minimum absolute atomic E-state index is 0.0475. The molecule has 14 heavy (non-hydrogen) atoms. The molecule has 0 bridgehead atoms. The number of carbonyl (C=O) groups is 1. The molecular formula is C7H8N4O3. The summed E-state index contributed by atoms with van der Waals surface area (Å²) in [5.41, 5.74) is 6.54. The van der Waals surface area contributed by atoms with Gasteiger partial charge in [0.1, 0.15) is 11.3 Å². The fraction of sp³-hybridized carbons (Fsp3) is 0. The molecule has 1 aromatic rings. The highest BCUT2D eigenvalue weighted by Crippen LogP contribution is 2.27. The Morgan fingerprint density at radius 2 is 2.14 bits per heavy atom. The van der Waals surface area contributed by atoms with Crippen molar-refractivity contribution in [3.63, 3.8) is 0 Å². The van der Waals surface area contributed by atoms with Crippen LogP contribution in [0.5, 0.6) is 0 Å². The molecule has 0 spiro atoms. The number of nitro groups is 1. The van der Waals surface area contributed by atoms with Gasteiger partial charge >= 0.3 is 5.69 Å². The molecule has 7 heteroatoms. The SMILES string of the molecule is NNc1cccc(C(N)=O)c1[N+](=O)[O-]. The maximum Gasteiger partial charge on any atom is 0.306 e. The number of hydrazine groups is 1. The van der Waals surface area contributed by atoms with E-state index in [0.29, 0.717) is 0 Å². The molecule has 0 heterocycles. The van der Waals surface area contributed by atoms with Gasteiger partial charge in [-0.2, -0.15) is 0 Å². The highest BCUT2D eigenvalue weighted by atomic mass is 16.6. The smallest absolute Gasteiger partial charge is 0.306 e.